The molecular weight excluding hydrogens is 340 g/mol. The third-order valence-electron chi connectivity index (χ3n) is 5.81. The van der Waals surface area contributed by atoms with E-state index in [1.54, 1.807) is 0 Å². The van der Waals surface area contributed by atoms with Crippen LogP contribution < -0.4 is 9.80 Å². The first-order valence-electron chi connectivity index (χ1n) is 10.1. The number of aromatic nitrogens is 2. The molecule has 0 radical (unpaired) electrons. The Hall–Kier alpha value is -2.37. The Kier molecular flexibility index (Phi) is 5.14. The van der Waals surface area contributed by atoms with Crippen LogP contribution in [0.25, 0.3) is 10.9 Å². The fourth-order valence-electron chi connectivity index (χ4n) is 4.36. The fraction of sp³-hybridized carbons (Fsp3) is 0.571. The Morgan fingerprint density at radius 3 is 2.19 bits per heavy atom. The summed E-state index contributed by atoms with van der Waals surface area (Å²) in [6.07, 6.45) is 7.38. The molecule has 6 nitrogen and oxygen atoms in total. The second kappa shape index (κ2) is 7.71. The van der Waals surface area contributed by atoms with E-state index in [2.05, 4.69) is 32.1 Å². The van der Waals surface area contributed by atoms with Gasteiger partial charge in [0.1, 0.15) is 0 Å². The van der Waals surface area contributed by atoms with Crippen LogP contribution in [-0.2, 0) is 4.74 Å². The summed E-state index contributed by atoms with van der Waals surface area (Å²) in [6.45, 7) is 6.01. The van der Waals surface area contributed by atoms with E-state index < -0.39 is 0 Å². The van der Waals surface area contributed by atoms with Crippen molar-refractivity contribution in [3.05, 3.63) is 23.4 Å². The van der Waals surface area contributed by atoms with Crippen LogP contribution in [0, 0.1) is 6.92 Å². The summed E-state index contributed by atoms with van der Waals surface area (Å²) in [7, 11) is 1.43. The molecule has 0 bridgehead atoms. The summed E-state index contributed by atoms with van der Waals surface area (Å²) in [6, 6.07) is 4.35. The summed E-state index contributed by atoms with van der Waals surface area (Å²) in [5.41, 5.74) is 4.25. The van der Waals surface area contributed by atoms with Gasteiger partial charge < -0.3 is 14.5 Å². The number of rotatable bonds is 3. The van der Waals surface area contributed by atoms with E-state index in [9.17, 15) is 4.79 Å². The molecule has 6 heteroatoms. The van der Waals surface area contributed by atoms with Crippen molar-refractivity contribution in [2.75, 3.05) is 43.1 Å². The zero-order chi connectivity index (χ0) is 18.8. The van der Waals surface area contributed by atoms with Gasteiger partial charge in [0.2, 0.25) is 0 Å². The van der Waals surface area contributed by atoms with Crippen molar-refractivity contribution in [3.63, 3.8) is 0 Å². The summed E-state index contributed by atoms with van der Waals surface area (Å²) in [5.74, 6) is -0.337. The Morgan fingerprint density at radius 2 is 1.56 bits per heavy atom. The molecule has 0 amide bonds. The molecule has 2 aliphatic heterocycles. The van der Waals surface area contributed by atoms with Crippen LogP contribution in [0.15, 0.2) is 12.1 Å². The third-order valence-corrected chi connectivity index (χ3v) is 5.81. The first kappa shape index (κ1) is 18.0. The monoisotopic (exact) mass is 368 g/mol. The van der Waals surface area contributed by atoms with E-state index >= 15 is 0 Å². The number of aryl methyl sites for hydroxylation is 1. The number of benzene rings is 1. The number of hydrogen-bond donors (Lipinski definition) is 0. The van der Waals surface area contributed by atoms with E-state index in [0.29, 0.717) is 11.3 Å². The van der Waals surface area contributed by atoms with Gasteiger partial charge in [-0.25, -0.2) is 4.79 Å². The van der Waals surface area contributed by atoms with Crippen molar-refractivity contribution >= 4 is 28.2 Å². The number of nitrogens with zero attached hydrogens (tertiary/aromatic N) is 4. The average Bonchev–Trinajstić information content (AvgIpc) is 2.73. The number of esters is 1. The lowest BCUT2D eigenvalue weighted by Crippen LogP contribution is -2.32. The van der Waals surface area contributed by atoms with Crippen LogP contribution in [-0.4, -0.2) is 49.5 Å². The van der Waals surface area contributed by atoms with Gasteiger partial charge in [0.25, 0.3) is 0 Å². The molecule has 1 aromatic heterocycles. The van der Waals surface area contributed by atoms with E-state index in [1.807, 2.05) is 6.92 Å². The molecule has 0 atom stereocenters. The predicted molar refractivity (Wildman–Crippen MR) is 108 cm³/mol. The topological polar surface area (TPSA) is 58.6 Å². The molecule has 3 heterocycles. The van der Waals surface area contributed by atoms with Gasteiger partial charge in [-0.2, -0.15) is 10.2 Å². The lowest BCUT2D eigenvalue weighted by Gasteiger charge is -2.33. The number of piperidine rings is 2. The van der Waals surface area contributed by atoms with Gasteiger partial charge in [0.15, 0.2) is 0 Å². The van der Waals surface area contributed by atoms with Gasteiger partial charge in [-0.1, -0.05) is 0 Å². The zero-order valence-electron chi connectivity index (χ0n) is 16.3. The fourth-order valence-corrected chi connectivity index (χ4v) is 4.36. The quantitative estimate of drug-likeness (QED) is 0.770. The molecule has 0 unspecified atom stereocenters. The molecule has 2 aliphatic rings. The third kappa shape index (κ3) is 3.45. The lowest BCUT2D eigenvalue weighted by atomic mass is 10.0. The SMILES string of the molecule is COC(=O)c1c(C)nnc2cc(N3CCCCC3)cc(N3CCCCC3)c12. The minimum Gasteiger partial charge on any atom is -0.465 e. The highest BCUT2D eigenvalue weighted by Gasteiger charge is 2.24. The van der Waals surface area contributed by atoms with Crippen LogP contribution in [0.3, 0.4) is 0 Å². The van der Waals surface area contributed by atoms with Crippen LogP contribution in [0.1, 0.15) is 54.6 Å². The first-order valence-corrected chi connectivity index (χ1v) is 10.1. The molecule has 4 rings (SSSR count). The van der Waals surface area contributed by atoms with Crippen molar-refractivity contribution in [1.82, 2.24) is 10.2 Å². The Bertz CT molecular complexity index is 840. The van der Waals surface area contributed by atoms with Gasteiger partial charge >= 0.3 is 5.97 Å². The number of carbonyl (C=O) groups is 1. The number of methoxy groups -OCH3 is 1. The molecule has 0 aliphatic carbocycles. The molecule has 2 saturated heterocycles. The molecule has 0 saturated carbocycles. The van der Waals surface area contributed by atoms with Crippen LogP contribution in [0.4, 0.5) is 11.4 Å². The maximum Gasteiger partial charge on any atom is 0.340 e. The summed E-state index contributed by atoms with van der Waals surface area (Å²) in [5, 5.41) is 9.61. The molecule has 0 spiro atoms. The summed E-state index contributed by atoms with van der Waals surface area (Å²) in [4.78, 5) is 17.4. The summed E-state index contributed by atoms with van der Waals surface area (Å²) >= 11 is 0. The summed E-state index contributed by atoms with van der Waals surface area (Å²) < 4.78 is 5.08. The van der Waals surface area contributed by atoms with Gasteiger partial charge in [-0.05, 0) is 57.6 Å². The number of fused-ring (bicyclic) bond motifs is 1. The maximum atomic E-state index is 12.6. The van der Waals surface area contributed by atoms with Gasteiger partial charge in [-0.15, -0.1) is 0 Å². The van der Waals surface area contributed by atoms with Crippen molar-refractivity contribution < 1.29 is 9.53 Å². The number of hydrogen-bond acceptors (Lipinski definition) is 6. The van der Waals surface area contributed by atoms with E-state index in [0.717, 1.165) is 42.8 Å². The highest BCUT2D eigenvalue weighted by atomic mass is 16.5. The largest absolute Gasteiger partial charge is 0.465 e. The predicted octanol–water partition coefficient (Wildman–Crippen LogP) is 3.71. The normalized spacial score (nSPS) is 18.0. The van der Waals surface area contributed by atoms with Crippen molar-refractivity contribution in [3.8, 4) is 0 Å². The number of ether oxygens (including phenoxy) is 1. The number of carbonyl (C=O) groups excluding carboxylic acids is 1. The lowest BCUT2D eigenvalue weighted by molar-refractivity contribution is 0.0601. The second-order valence-electron chi connectivity index (χ2n) is 7.61. The Labute approximate surface area is 160 Å². The highest BCUT2D eigenvalue weighted by molar-refractivity contribution is 6.10. The number of anilines is 2. The molecule has 144 valence electrons. The van der Waals surface area contributed by atoms with E-state index in [-0.39, 0.29) is 5.97 Å². The average molecular weight is 368 g/mol. The van der Waals surface area contributed by atoms with Crippen molar-refractivity contribution in [1.29, 1.82) is 0 Å². The first-order chi connectivity index (χ1) is 13.2. The van der Waals surface area contributed by atoms with Crippen LogP contribution in [0.2, 0.25) is 0 Å². The highest BCUT2D eigenvalue weighted by Crippen LogP contribution is 2.36. The van der Waals surface area contributed by atoms with Crippen molar-refractivity contribution in [2.45, 2.75) is 45.4 Å². The van der Waals surface area contributed by atoms with Gasteiger partial charge in [0.05, 0.1) is 23.9 Å². The van der Waals surface area contributed by atoms with Crippen LogP contribution in [0.5, 0.6) is 0 Å². The van der Waals surface area contributed by atoms with Crippen LogP contribution >= 0.6 is 0 Å². The molecule has 2 fully saturated rings. The van der Waals surface area contributed by atoms with Gasteiger partial charge in [0, 0.05) is 42.9 Å². The Balaban J connectivity index is 1.92. The standard InChI is InChI=1S/C21H28N4O2/c1-15-19(21(26)27-2)20-17(23-22-15)13-16(24-9-5-3-6-10-24)14-18(20)25-11-7-4-8-12-25/h13-14H,3-12H2,1-2H3. The zero-order valence-corrected chi connectivity index (χ0v) is 16.3. The van der Waals surface area contributed by atoms with Gasteiger partial charge in [-0.3, -0.25) is 0 Å². The van der Waals surface area contributed by atoms with E-state index in [1.165, 1.54) is 51.3 Å². The smallest absolute Gasteiger partial charge is 0.340 e. The minimum atomic E-state index is -0.337. The van der Waals surface area contributed by atoms with E-state index in [4.69, 9.17) is 4.74 Å². The Morgan fingerprint density at radius 1 is 0.926 bits per heavy atom. The second-order valence-corrected chi connectivity index (χ2v) is 7.61. The minimum absolute atomic E-state index is 0.337. The molecule has 1 aromatic carbocycles. The maximum absolute atomic E-state index is 12.6. The van der Waals surface area contributed by atoms with Crippen molar-refractivity contribution in [2.24, 2.45) is 0 Å². The molecular formula is C21H28N4O2. The molecule has 27 heavy (non-hydrogen) atoms. The molecule has 2 aromatic rings. The molecule has 0 N–H and O–H groups in total.